The van der Waals surface area contributed by atoms with E-state index in [-0.39, 0.29) is 25.8 Å². The minimum atomic E-state index is -3.92. The molecule has 0 saturated carbocycles. The van der Waals surface area contributed by atoms with E-state index in [1.807, 2.05) is 0 Å². The number of nitrogens with one attached hydrogen (secondary N) is 1. The fourth-order valence-corrected chi connectivity index (χ4v) is 3.80. The summed E-state index contributed by atoms with van der Waals surface area (Å²) >= 11 is 20.7. The third-order valence-corrected chi connectivity index (χ3v) is 5.30. The molecule has 0 atom stereocenters. The van der Waals surface area contributed by atoms with Crippen molar-refractivity contribution >= 4 is 66.4 Å². The normalized spacial score (nSPS) is 11.4. The highest BCUT2D eigenvalue weighted by Crippen LogP contribution is 2.32. The van der Waals surface area contributed by atoms with Gasteiger partial charge < -0.3 is 0 Å². The highest BCUT2D eigenvalue weighted by atomic mass is 79.9. The van der Waals surface area contributed by atoms with Crippen molar-refractivity contribution in [2.45, 2.75) is 4.90 Å². The largest absolute Gasteiger partial charge is 0.278 e. The number of sulfonamides is 1. The fourth-order valence-electron chi connectivity index (χ4n) is 1.37. The number of hydrogen-bond acceptors (Lipinski definition) is 3. The molecule has 0 fully saturated rings. The molecular formula is C11H6BrCl3N2O2S. The summed E-state index contributed by atoms with van der Waals surface area (Å²) in [7, 11) is -3.92. The minimum absolute atomic E-state index is 0.108. The average Bonchev–Trinajstić information content (AvgIpc) is 2.37. The smallest absolute Gasteiger partial charge is 0.265 e. The Kier molecular flexibility index (Phi) is 4.81. The third kappa shape index (κ3) is 3.38. The van der Waals surface area contributed by atoms with Crippen LogP contribution in [0.25, 0.3) is 0 Å². The van der Waals surface area contributed by atoms with Crippen molar-refractivity contribution in [2.24, 2.45) is 0 Å². The molecule has 1 heterocycles. The van der Waals surface area contributed by atoms with Gasteiger partial charge in [-0.25, -0.2) is 13.4 Å². The first-order valence-electron chi connectivity index (χ1n) is 5.09. The molecule has 1 aromatic carbocycles. The SMILES string of the molecule is O=S(=O)(Nc1cccc(Cl)c1Cl)c1cc(Br)cnc1Cl. The zero-order chi connectivity index (χ0) is 14.9. The summed E-state index contributed by atoms with van der Waals surface area (Å²) in [5, 5.41) is 0.209. The molecule has 0 radical (unpaired) electrons. The first kappa shape index (κ1) is 15.9. The van der Waals surface area contributed by atoms with Gasteiger partial charge in [-0.1, -0.05) is 40.9 Å². The summed E-state index contributed by atoms with van der Waals surface area (Å²) in [6.07, 6.45) is 1.40. The second-order valence-electron chi connectivity index (χ2n) is 3.65. The van der Waals surface area contributed by atoms with E-state index in [0.717, 1.165) is 0 Å². The van der Waals surface area contributed by atoms with E-state index in [2.05, 4.69) is 25.6 Å². The monoisotopic (exact) mass is 414 g/mol. The van der Waals surface area contributed by atoms with Gasteiger partial charge in [0, 0.05) is 10.7 Å². The summed E-state index contributed by atoms with van der Waals surface area (Å²) in [6.45, 7) is 0. The van der Waals surface area contributed by atoms with Gasteiger partial charge >= 0.3 is 0 Å². The van der Waals surface area contributed by atoms with Crippen LogP contribution in [-0.2, 0) is 10.0 Å². The van der Waals surface area contributed by atoms with Crippen molar-refractivity contribution in [1.82, 2.24) is 4.98 Å². The van der Waals surface area contributed by atoms with E-state index in [1.165, 1.54) is 18.3 Å². The van der Waals surface area contributed by atoms with Gasteiger partial charge in [0.15, 0.2) is 0 Å². The molecule has 2 aromatic rings. The number of hydrogen-bond donors (Lipinski definition) is 1. The van der Waals surface area contributed by atoms with Crippen LogP contribution in [0.15, 0.2) is 39.8 Å². The van der Waals surface area contributed by atoms with Crippen LogP contribution in [0, 0.1) is 0 Å². The van der Waals surface area contributed by atoms with E-state index in [9.17, 15) is 8.42 Å². The number of benzene rings is 1. The summed E-state index contributed by atoms with van der Waals surface area (Å²) in [6, 6.07) is 5.96. The van der Waals surface area contributed by atoms with Crippen molar-refractivity contribution in [3.05, 3.63) is 50.1 Å². The molecule has 0 amide bonds. The maximum atomic E-state index is 12.3. The number of halogens is 4. The van der Waals surface area contributed by atoms with E-state index >= 15 is 0 Å². The van der Waals surface area contributed by atoms with E-state index in [4.69, 9.17) is 34.8 Å². The lowest BCUT2D eigenvalue weighted by Gasteiger charge is -2.11. The molecule has 0 bridgehead atoms. The summed E-state index contributed by atoms with van der Waals surface area (Å²) < 4.78 is 27.4. The molecule has 0 aliphatic heterocycles. The minimum Gasteiger partial charge on any atom is -0.278 e. The Bertz CT molecular complexity index is 768. The lowest BCUT2D eigenvalue weighted by molar-refractivity contribution is 0.601. The van der Waals surface area contributed by atoms with Crippen molar-refractivity contribution in [3.63, 3.8) is 0 Å². The summed E-state index contributed by atoms with van der Waals surface area (Å²) in [5.41, 5.74) is 0.162. The molecule has 20 heavy (non-hydrogen) atoms. The van der Waals surface area contributed by atoms with E-state index in [0.29, 0.717) is 4.47 Å². The van der Waals surface area contributed by atoms with Crippen LogP contribution >= 0.6 is 50.7 Å². The van der Waals surface area contributed by atoms with E-state index in [1.54, 1.807) is 12.1 Å². The number of rotatable bonds is 3. The summed E-state index contributed by atoms with van der Waals surface area (Å²) in [4.78, 5) is 3.60. The second kappa shape index (κ2) is 6.07. The van der Waals surface area contributed by atoms with Gasteiger partial charge in [0.05, 0.1) is 15.7 Å². The maximum Gasteiger partial charge on any atom is 0.265 e. The molecular weight excluding hydrogens is 410 g/mol. The van der Waals surface area contributed by atoms with Gasteiger partial charge in [-0.3, -0.25) is 4.72 Å². The molecule has 4 nitrogen and oxygen atoms in total. The van der Waals surface area contributed by atoms with E-state index < -0.39 is 10.0 Å². The predicted molar refractivity (Wildman–Crippen MR) is 84.2 cm³/mol. The lowest BCUT2D eigenvalue weighted by Crippen LogP contribution is -2.14. The number of anilines is 1. The van der Waals surface area contributed by atoms with Crippen LogP contribution in [0.1, 0.15) is 0 Å². The Labute approximate surface area is 139 Å². The van der Waals surface area contributed by atoms with Crippen molar-refractivity contribution in [1.29, 1.82) is 0 Å². The molecule has 2 rings (SSSR count). The summed E-state index contributed by atoms with van der Waals surface area (Å²) in [5.74, 6) is 0. The van der Waals surface area contributed by atoms with Gasteiger partial charge in [-0.15, -0.1) is 0 Å². The lowest BCUT2D eigenvalue weighted by atomic mass is 10.3. The molecule has 0 aliphatic rings. The highest BCUT2D eigenvalue weighted by molar-refractivity contribution is 9.10. The molecule has 1 aromatic heterocycles. The van der Waals surface area contributed by atoms with Crippen LogP contribution in [0.2, 0.25) is 15.2 Å². The molecule has 0 saturated heterocycles. The fraction of sp³-hybridized carbons (Fsp3) is 0. The van der Waals surface area contributed by atoms with Gasteiger partial charge in [0.25, 0.3) is 10.0 Å². The van der Waals surface area contributed by atoms with Crippen LogP contribution in [-0.4, -0.2) is 13.4 Å². The van der Waals surface area contributed by atoms with Crippen molar-refractivity contribution in [2.75, 3.05) is 4.72 Å². The van der Waals surface area contributed by atoms with Crippen molar-refractivity contribution < 1.29 is 8.42 Å². The standard InChI is InChI=1S/C11H6BrCl3N2O2S/c12-6-4-9(11(15)16-5-6)20(18,19)17-8-3-1-2-7(13)10(8)14/h1-5,17H. The van der Waals surface area contributed by atoms with Gasteiger partial charge in [-0.05, 0) is 34.1 Å². The Hall–Kier alpha value is -0.530. The Morgan fingerprint density at radius 1 is 1.20 bits per heavy atom. The molecule has 106 valence electrons. The zero-order valence-corrected chi connectivity index (χ0v) is 14.2. The highest BCUT2D eigenvalue weighted by Gasteiger charge is 2.21. The number of nitrogens with zero attached hydrogens (tertiary/aromatic N) is 1. The number of aromatic nitrogens is 1. The quantitative estimate of drug-likeness (QED) is 0.744. The first-order chi connectivity index (χ1) is 9.31. The number of pyridine rings is 1. The maximum absolute atomic E-state index is 12.3. The van der Waals surface area contributed by atoms with Crippen LogP contribution < -0.4 is 4.72 Å². The molecule has 9 heteroatoms. The molecule has 0 unspecified atom stereocenters. The zero-order valence-electron chi connectivity index (χ0n) is 9.57. The average molecular weight is 417 g/mol. The van der Waals surface area contributed by atoms with Crippen LogP contribution in [0.4, 0.5) is 5.69 Å². The Balaban J connectivity index is 2.46. The third-order valence-electron chi connectivity index (χ3n) is 2.26. The van der Waals surface area contributed by atoms with Gasteiger partial charge in [0.2, 0.25) is 0 Å². The van der Waals surface area contributed by atoms with Crippen molar-refractivity contribution in [3.8, 4) is 0 Å². The second-order valence-corrected chi connectivity index (χ2v) is 7.36. The first-order valence-corrected chi connectivity index (χ1v) is 8.50. The molecule has 0 spiro atoms. The van der Waals surface area contributed by atoms with Crippen LogP contribution in [0.5, 0.6) is 0 Å². The molecule has 0 aliphatic carbocycles. The Morgan fingerprint density at radius 2 is 1.90 bits per heavy atom. The van der Waals surface area contributed by atoms with Crippen LogP contribution in [0.3, 0.4) is 0 Å². The van der Waals surface area contributed by atoms with Gasteiger partial charge in [-0.2, -0.15) is 0 Å². The topological polar surface area (TPSA) is 59.1 Å². The predicted octanol–water partition coefficient (Wildman–Crippen LogP) is 4.61. The Morgan fingerprint density at radius 3 is 2.60 bits per heavy atom. The molecule has 1 N–H and O–H groups in total. The van der Waals surface area contributed by atoms with Gasteiger partial charge in [0.1, 0.15) is 10.0 Å².